The summed E-state index contributed by atoms with van der Waals surface area (Å²) in [7, 11) is 0. The van der Waals surface area contributed by atoms with E-state index < -0.39 is 0 Å². The molecule has 1 aromatic heterocycles. The lowest BCUT2D eigenvalue weighted by atomic mass is 10.1. The molecule has 0 amide bonds. The summed E-state index contributed by atoms with van der Waals surface area (Å²) in [5.74, 6) is 2.23. The predicted octanol–water partition coefficient (Wildman–Crippen LogP) is 6.25. The van der Waals surface area contributed by atoms with Gasteiger partial charge in [0.2, 0.25) is 0 Å². The first kappa shape index (κ1) is 17.3. The summed E-state index contributed by atoms with van der Waals surface area (Å²) in [5, 5.41) is 1.10. The molecule has 0 aliphatic carbocycles. The van der Waals surface area contributed by atoms with Gasteiger partial charge in [0, 0.05) is 10.1 Å². The van der Waals surface area contributed by atoms with Crippen molar-refractivity contribution in [3.8, 4) is 27.7 Å². The smallest absolute Gasteiger partial charge is 0.157 e. The monoisotopic (exact) mass is 374 g/mol. The molecular weight excluding hydrogens is 356 g/mol. The highest BCUT2D eigenvalue weighted by Gasteiger charge is 2.16. The molecule has 0 fully saturated rings. The molecule has 0 aliphatic rings. The molecular formula is C23H18O3S. The largest absolute Gasteiger partial charge is 0.486 e. The minimum atomic E-state index is 0.0486. The van der Waals surface area contributed by atoms with E-state index in [1.807, 2.05) is 24.3 Å². The average Bonchev–Trinajstić information content (AvgIpc) is 3.06. The number of hydrogen-bond donors (Lipinski definition) is 0. The van der Waals surface area contributed by atoms with E-state index in [4.69, 9.17) is 9.47 Å². The summed E-state index contributed by atoms with van der Waals surface area (Å²) in [4.78, 5) is 11.5. The molecule has 0 saturated carbocycles. The summed E-state index contributed by atoms with van der Waals surface area (Å²) in [6.07, 6.45) is 0.732. The van der Waals surface area contributed by atoms with Gasteiger partial charge in [-0.1, -0.05) is 42.0 Å². The first-order valence-corrected chi connectivity index (χ1v) is 9.49. The molecule has 1 heterocycles. The van der Waals surface area contributed by atoms with Crippen molar-refractivity contribution in [2.24, 2.45) is 0 Å². The molecule has 3 aromatic carbocycles. The highest BCUT2D eigenvalue weighted by molar-refractivity contribution is 7.22. The Labute approximate surface area is 161 Å². The Bertz CT molecular complexity index is 1060. The third-order valence-corrected chi connectivity index (χ3v) is 5.43. The molecule has 27 heavy (non-hydrogen) atoms. The van der Waals surface area contributed by atoms with Gasteiger partial charge in [-0.2, -0.15) is 0 Å². The molecule has 0 N–H and O–H groups in total. The van der Waals surface area contributed by atoms with Gasteiger partial charge in [-0.05, 0) is 48.9 Å². The van der Waals surface area contributed by atoms with Crippen LogP contribution < -0.4 is 9.47 Å². The standard InChI is InChI=1S/C23H18O3S/c1-16-6-8-17(9-7-16)23-22(20-4-2-3-5-21(20)27-23)26-19-12-10-18(11-13-19)25-15-14-24/h2-14H,15H2,1H3. The number of hydrogen-bond acceptors (Lipinski definition) is 4. The van der Waals surface area contributed by atoms with E-state index in [0.29, 0.717) is 5.75 Å². The van der Waals surface area contributed by atoms with Crippen LogP contribution in [0.4, 0.5) is 0 Å². The first-order chi connectivity index (χ1) is 13.2. The van der Waals surface area contributed by atoms with Crippen LogP contribution in [0.15, 0.2) is 72.8 Å². The highest BCUT2D eigenvalue weighted by atomic mass is 32.1. The van der Waals surface area contributed by atoms with Gasteiger partial charge in [0.15, 0.2) is 12.0 Å². The second-order valence-electron chi connectivity index (χ2n) is 6.17. The van der Waals surface area contributed by atoms with Crippen molar-refractivity contribution >= 4 is 27.7 Å². The minimum absolute atomic E-state index is 0.0486. The molecule has 0 radical (unpaired) electrons. The van der Waals surface area contributed by atoms with E-state index in [2.05, 4.69) is 43.3 Å². The quantitative estimate of drug-likeness (QED) is 0.374. The van der Waals surface area contributed by atoms with Crippen LogP contribution in [0.5, 0.6) is 17.2 Å². The van der Waals surface area contributed by atoms with E-state index in [-0.39, 0.29) is 6.61 Å². The number of aldehydes is 1. The van der Waals surface area contributed by atoms with Gasteiger partial charge in [-0.25, -0.2) is 0 Å². The number of benzene rings is 3. The summed E-state index contributed by atoms with van der Waals surface area (Å²) in [5.41, 5.74) is 2.37. The Morgan fingerprint density at radius 1 is 0.889 bits per heavy atom. The van der Waals surface area contributed by atoms with Crippen molar-refractivity contribution in [3.05, 3.63) is 78.4 Å². The maximum atomic E-state index is 10.4. The van der Waals surface area contributed by atoms with E-state index in [1.54, 1.807) is 23.5 Å². The fourth-order valence-corrected chi connectivity index (χ4v) is 4.01. The second-order valence-corrected chi connectivity index (χ2v) is 7.23. The molecule has 4 aromatic rings. The van der Waals surface area contributed by atoms with Gasteiger partial charge < -0.3 is 9.47 Å². The van der Waals surface area contributed by atoms with Crippen molar-refractivity contribution in [1.82, 2.24) is 0 Å². The first-order valence-electron chi connectivity index (χ1n) is 8.67. The van der Waals surface area contributed by atoms with Crippen LogP contribution in [0, 0.1) is 6.92 Å². The van der Waals surface area contributed by atoms with Crippen LogP contribution in [-0.2, 0) is 4.79 Å². The van der Waals surface area contributed by atoms with Gasteiger partial charge in [0.05, 0.1) is 4.88 Å². The summed E-state index contributed by atoms with van der Waals surface area (Å²) >= 11 is 1.73. The summed E-state index contributed by atoms with van der Waals surface area (Å²) in [6, 6.07) is 24.1. The molecule has 0 atom stereocenters. The highest BCUT2D eigenvalue weighted by Crippen LogP contribution is 2.46. The molecule has 3 nitrogen and oxygen atoms in total. The lowest BCUT2D eigenvalue weighted by Crippen LogP contribution is -1.97. The molecule has 0 aliphatic heterocycles. The molecule has 0 saturated heterocycles. The molecule has 134 valence electrons. The maximum absolute atomic E-state index is 10.4. The lowest BCUT2D eigenvalue weighted by Gasteiger charge is -2.09. The van der Waals surface area contributed by atoms with Gasteiger partial charge in [0.1, 0.15) is 18.1 Å². The molecule has 0 spiro atoms. The van der Waals surface area contributed by atoms with Crippen LogP contribution in [0.25, 0.3) is 20.5 Å². The Hall–Kier alpha value is -3.11. The van der Waals surface area contributed by atoms with Crippen LogP contribution in [0.1, 0.15) is 5.56 Å². The third-order valence-electron chi connectivity index (χ3n) is 4.23. The molecule has 4 heteroatoms. The Morgan fingerprint density at radius 3 is 2.33 bits per heavy atom. The van der Waals surface area contributed by atoms with Crippen LogP contribution in [0.2, 0.25) is 0 Å². The number of carbonyl (C=O) groups excluding carboxylic acids is 1. The zero-order valence-corrected chi connectivity index (χ0v) is 15.7. The van der Waals surface area contributed by atoms with E-state index in [1.165, 1.54) is 10.3 Å². The minimum Gasteiger partial charge on any atom is -0.486 e. The van der Waals surface area contributed by atoms with Crippen molar-refractivity contribution in [2.75, 3.05) is 6.61 Å². The van der Waals surface area contributed by atoms with Gasteiger partial charge in [-0.15, -0.1) is 11.3 Å². The van der Waals surface area contributed by atoms with Gasteiger partial charge in [-0.3, -0.25) is 4.79 Å². The van der Waals surface area contributed by atoms with Crippen molar-refractivity contribution in [1.29, 1.82) is 0 Å². The molecule has 0 unspecified atom stereocenters. The number of fused-ring (bicyclic) bond motifs is 1. The van der Waals surface area contributed by atoms with Crippen molar-refractivity contribution in [2.45, 2.75) is 6.92 Å². The van der Waals surface area contributed by atoms with Crippen molar-refractivity contribution < 1.29 is 14.3 Å². The maximum Gasteiger partial charge on any atom is 0.157 e. The number of ether oxygens (including phenoxy) is 2. The van der Waals surface area contributed by atoms with Crippen LogP contribution in [-0.4, -0.2) is 12.9 Å². The third kappa shape index (κ3) is 3.71. The number of carbonyl (C=O) groups is 1. The van der Waals surface area contributed by atoms with E-state index in [9.17, 15) is 4.79 Å². The fourth-order valence-electron chi connectivity index (χ4n) is 2.87. The number of rotatable bonds is 6. The predicted molar refractivity (Wildman–Crippen MR) is 110 cm³/mol. The summed E-state index contributed by atoms with van der Waals surface area (Å²) < 4.78 is 12.8. The molecule has 0 bridgehead atoms. The zero-order chi connectivity index (χ0) is 18.6. The van der Waals surface area contributed by atoms with Crippen LogP contribution in [0.3, 0.4) is 0 Å². The Morgan fingerprint density at radius 2 is 1.59 bits per heavy atom. The Balaban J connectivity index is 1.72. The Kier molecular flexibility index (Phi) is 4.90. The van der Waals surface area contributed by atoms with Gasteiger partial charge >= 0.3 is 0 Å². The van der Waals surface area contributed by atoms with Crippen molar-refractivity contribution in [3.63, 3.8) is 0 Å². The average molecular weight is 374 g/mol. The fraction of sp³-hybridized carbons (Fsp3) is 0.0870. The number of thiophene rings is 1. The topological polar surface area (TPSA) is 35.5 Å². The molecule has 4 rings (SSSR count). The summed E-state index contributed by atoms with van der Waals surface area (Å²) in [6.45, 7) is 2.13. The normalized spacial score (nSPS) is 10.7. The SMILES string of the molecule is Cc1ccc(-c2sc3ccccc3c2Oc2ccc(OCC=O)cc2)cc1. The lowest BCUT2D eigenvalue weighted by molar-refractivity contribution is -0.109. The zero-order valence-electron chi connectivity index (χ0n) is 14.8. The van der Waals surface area contributed by atoms with Gasteiger partial charge in [0.25, 0.3) is 0 Å². The van der Waals surface area contributed by atoms with E-state index >= 15 is 0 Å². The number of aryl methyl sites for hydroxylation is 1. The van der Waals surface area contributed by atoms with Crippen LogP contribution >= 0.6 is 11.3 Å². The van der Waals surface area contributed by atoms with E-state index in [0.717, 1.165) is 33.6 Å². The second kappa shape index (κ2) is 7.64.